The van der Waals surface area contributed by atoms with Gasteiger partial charge in [-0.25, -0.2) is 4.68 Å². The summed E-state index contributed by atoms with van der Waals surface area (Å²) in [6, 6.07) is 18.6. The molecule has 1 N–H and O–H groups in total. The van der Waals surface area contributed by atoms with Crippen molar-refractivity contribution in [1.29, 1.82) is 0 Å². The number of hydrogen-bond acceptors (Lipinski definition) is 4. The number of benzene rings is 2. The topological polar surface area (TPSA) is 73.2 Å². The van der Waals surface area contributed by atoms with E-state index in [1.54, 1.807) is 24.3 Å². The van der Waals surface area contributed by atoms with Crippen molar-refractivity contribution in [3.05, 3.63) is 99.5 Å². The molecule has 0 saturated carbocycles. The van der Waals surface area contributed by atoms with E-state index in [0.717, 1.165) is 11.1 Å². The van der Waals surface area contributed by atoms with E-state index in [9.17, 15) is 22.8 Å². The summed E-state index contributed by atoms with van der Waals surface area (Å²) >= 11 is 0. The number of aromatic nitrogens is 2. The molecule has 6 nitrogen and oxygen atoms in total. The van der Waals surface area contributed by atoms with Crippen molar-refractivity contribution >= 4 is 5.91 Å². The summed E-state index contributed by atoms with van der Waals surface area (Å²) < 4.78 is 42.2. The molecule has 162 valence electrons. The smallest absolute Gasteiger partial charge is 0.367 e. The zero-order chi connectivity index (χ0) is 22.3. The quantitative estimate of drug-likeness (QED) is 0.594. The van der Waals surface area contributed by atoms with Crippen LogP contribution in [0.5, 0.6) is 0 Å². The number of ether oxygens (including phenoxy) is 1. The molecule has 0 saturated heterocycles. The minimum absolute atomic E-state index is 0.104. The van der Waals surface area contributed by atoms with Crippen LogP contribution in [0.3, 0.4) is 0 Å². The van der Waals surface area contributed by atoms with Crippen molar-refractivity contribution in [2.75, 3.05) is 6.61 Å². The van der Waals surface area contributed by atoms with Gasteiger partial charge in [-0.2, -0.15) is 18.3 Å². The maximum Gasteiger partial charge on any atom is 0.411 e. The third-order valence-corrected chi connectivity index (χ3v) is 4.28. The molecule has 1 amide bonds. The first-order chi connectivity index (χ1) is 14.8. The summed E-state index contributed by atoms with van der Waals surface area (Å²) in [5, 5.41) is 6.84. The summed E-state index contributed by atoms with van der Waals surface area (Å²) in [7, 11) is 0. The van der Waals surface area contributed by atoms with Crippen molar-refractivity contribution in [2.45, 2.75) is 25.9 Å². The number of amides is 1. The minimum atomic E-state index is -4.36. The van der Waals surface area contributed by atoms with Crippen molar-refractivity contribution in [3.8, 4) is 0 Å². The molecule has 3 rings (SSSR count). The van der Waals surface area contributed by atoms with E-state index in [0.29, 0.717) is 5.56 Å². The van der Waals surface area contributed by atoms with Crippen molar-refractivity contribution in [3.63, 3.8) is 0 Å². The van der Waals surface area contributed by atoms with Crippen molar-refractivity contribution in [2.24, 2.45) is 0 Å². The Morgan fingerprint density at radius 1 is 0.935 bits per heavy atom. The maximum absolute atomic E-state index is 12.4. The minimum Gasteiger partial charge on any atom is -0.367 e. The molecule has 2 aromatic carbocycles. The van der Waals surface area contributed by atoms with E-state index in [2.05, 4.69) is 15.2 Å². The fourth-order valence-electron chi connectivity index (χ4n) is 2.75. The van der Waals surface area contributed by atoms with Crippen LogP contribution in [0, 0.1) is 0 Å². The Bertz CT molecular complexity index is 1070. The summed E-state index contributed by atoms with van der Waals surface area (Å²) in [4.78, 5) is 24.5. The molecular formula is C22H20F3N3O3. The molecule has 0 radical (unpaired) electrons. The number of carbonyl (C=O) groups is 1. The zero-order valence-electron chi connectivity index (χ0n) is 16.4. The first kappa shape index (κ1) is 22.2. The van der Waals surface area contributed by atoms with Crippen LogP contribution >= 0.6 is 0 Å². The second kappa shape index (κ2) is 10.0. The molecule has 1 aromatic heterocycles. The molecule has 9 heteroatoms. The second-order valence-corrected chi connectivity index (χ2v) is 6.81. The average Bonchev–Trinajstić information content (AvgIpc) is 2.74. The Morgan fingerprint density at radius 2 is 1.61 bits per heavy atom. The lowest BCUT2D eigenvalue weighted by Crippen LogP contribution is -2.29. The van der Waals surface area contributed by atoms with Gasteiger partial charge in [0.1, 0.15) is 12.3 Å². The SMILES string of the molecule is O=C(NCc1ccc(COCC(F)(F)F)cc1)c1ccc(=O)n(Cc2ccccc2)n1. The molecule has 0 unspecified atom stereocenters. The first-order valence-corrected chi connectivity index (χ1v) is 9.43. The Labute approximate surface area is 176 Å². The van der Waals surface area contributed by atoms with Crippen molar-refractivity contribution in [1.82, 2.24) is 15.1 Å². The summed E-state index contributed by atoms with van der Waals surface area (Å²) in [5.41, 5.74) is 2.02. The first-order valence-electron chi connectivity index (χ1n) is 9.43. The molecule has 31 heavy (non-hydrogen) atoms. The standard InChI is InChI=1S/C22H20F3N3O3/c23-22(24,25)15-31-14-18-8-6-16(7-9-18)12-26-21(30)19-10-11-20(29)28(27-19)13-17-4-2-1-3-5-17/h1-11H,12-15H2,(H,26,30). The monoisotopic (exact) mass is 431 g/mol. The predicted molar refractivity (Wildman–Crippen MR) is 107 cm³/mol. The highest BCUT2D eigenvalue weighted by Crippen LogP contribution is 2.15. The predicted octanol–water partition coefficient (Wildman–Crippen LogP) is 3.30. The van der Waals surface area contributed by atoms with E-state index in [4.69, 9.17) is 0 Å². The van der Waals surface area contributed by atoms with Crippen LogP contribution in [0.2, 0.25) is 0 Å². The van der Waals surface area contributed by atoms with Gasteiger partial charge in [-0.05, 0) is 22.8 Å². The lowest BCUT2D eigenvalue weighted by Gasteiger charge is -2.09. The highest BCUT2D eigenvalue weighted by atomic mass is 19.4. The van der Waals surface area contributed by atoms with Crippen LogP contribution in [0.25, 0.3) is 0 Å². The number of nitrogens with one attached hydrogen (secondary N) is 1. The third kappa shape index (κ3) is 7.07. The van der Waals surface area contributed by atoms with Gasteiger partial charge >= 0.3 is 6.18 Å². The number of alkyl halides is 3. The maximum atomic E-state index is 12.4. The zero-order valence-corrected chi connectivity index (χ0v) is 16.4. The van der Waals surface area contributed by atoms with E-state index in [1.807, 2.05) is 30.3 Å². The highest BCUT2D eigenvalue weighted by molar-refractivity contribution is 5.91. The Morgan fingerprint density at radius 3 is 2.29 bits per heavy atom. The number of rotatable bonds is 8. The number of halogens is 3. The van der Waals surface area contributed by atoms with Gasteiger partial charge in [0.15, 0.2) is 0 Å². The summed E-state index contributed by atoms with van der Waals surface area (Å²) in [6.45, 7) is -1.01. The lowest BCUT2D eigenvalue weighted by atomic mass is 10.1. The van der Waals surface area contributed by atoms with E-state index in [-0.39, 0.29) is 30.9 Å². The lowest BCUT2D eigenvalue weighted by molar-refractivity contribution is -0.176. The molecule has 0 spiro atoms. The highest BCUT2D eigenvalue weighted by Gasteiger charge is 2.27. The van der Waals surface area contributed by atoms with Gasteiger partial charge in [0.25, 0.3) is 11.5 Å². The summed E-state index contributed by atoms with van der Waals surface area (Å²) in [5.74, 6) is -0.445. The van der Waals surface area contributed by atoms with Gasteiger partial charge in [0, 0.05) is 12.6 Å². The third-order valence-electron chi connectivity index (χ3n) is 4.28. The normalized spacial score (nSPS) is 11.3. The number of hydrogen-bond donors (Lipinski definition) is 1. The van der Waals surface area contributed by atoms with Gasteiger partial charge in [-0.3, -0.25) is 9.59 Å². The molecule has 3 aromatic rings. The average molecular weight is 431 g/mol. The second-order valence-electron chi connectivity index (χ2n) is 6.81. The van der Waals surface area contributed by atoms with E-state index in [1.165, 1.54) is 16.8 Å². The van der Waals surface area contributed by atoms with Crippen LogP contribution in [0.15, 0.2) is 71.5 Å². The van der Waals surface area contributed by atoms with Crippen LogP contribution in [-0.2, 0) is 24.4 Å². The molecule has 0 fully saturated rings. The Balaban J connectivity index is 1.56. The van der Waals surface area contributed by atoms with E-state index >= 15 is 0 Å². The van der Waals surface area contributed by atoms with Gasteiger partial charge in [0.2, 0.25) is 0 Å². The number of nitrogens with zero attached hydrogens (tertiary/aromatic N) is 2. The van der Waals surface area contributed by atoms with Crippen molar-refractivity contribution < 1.29 is 22.7 Å². The fourth-order valence-corrected chi connectivity index (χ4v) is 2.75. The molecule has 0 bridgehead atoms. The van der Waals surface area contributed by atoms with Crippen LogP contribution in [0.1, 0.15) is 27.2 Å². The molecule has 1 heterocycles. The number of carbonyl (C=O) groups excluding carboxylic acids is 1. The van der Waals surface area contributed by atoms with Gasteiger partial charge in [-0.1, -0.05) is 54.6 Å². The Hall–Kier alpha value is -3.46. The molecular weight excluding hydrogens is 411 g/mol. The Kier molecular flexibility index (Phi) is 7.19. The molecule has 0 atom stereocenters. The van der Waals surface area contributed by atoms with Gasteiger partial charge in [0.05, 0.1) is 13.2 Å². The van der Waals surface area contributed by atoms with E-state index < -0.39 is 18.7 Å². The molecule has 0 aliphatic carbocycles. The largest absolute Gasteiger partial charge is 0.411 e. The molecule has 0 aliphatic heterocycles. The van der Waals surface area contributed by atoms with Gasteiger partial charge in [-0.15, -0.1) is 0 Å². The fraction of sp³-hybridized carbons (Fsp3) is 0.227. The van der Waals surface area contributed by atoms with Crippen LogP contribution < -0.4 is 10.9 Å². The van der Waals surface area contributed by atoms with Gasteiger partial charge < -0.3 is 10.1 Å². The van der Waals surface area contributed by atoms with Crippen LogP contribution in [-0.4, -0.2) is 28.5 Å². The summed E-state index contributed by atoms with van der Waals surface area (Å²) in [6.07, 6.45) is -4.36. The molecule has 0 aliphatic rings. The van der Waals surface area contributed by atoms with Crippen LogP contribution in [0.4, 0.5) is 13.2 Å².